The number of nitrogens with two attached hydrogens (primary N) is 1. The predicted octanol–water partition coefficient (Wildman–Crippen LogP) is 1.47. The molecule has 2 atom stereocenters. The highest BCUT2D eigenvalue weighted by atomic mass is 19.1. The van der Waals surface area contributed by atoms with Crippen LogP contribution in [0.1, 0.15) is 25.0 Å². The van der Waals surface area contributed by atoms with Crippen LogP contribution in [-0.4, -0.2) is 17.6 Å². The van der Waals surface area contributed by atoms with Crippen LogP contribution in [0.3, 0.4) is 0 Å². The van der Waals surface area contributed by atoms with Gasteiger partial charge >= 0.3 is 5.97 Å². The van der Waals surface area contributed by atoms with Crippen molar-refractivity contribution in [2.24, 2.45) is 5.92 Å². The lowest BCUT2D eigenvalue weighted by Gasteiger charge is -2.02. The summed E-state index contributed by atoms with van der Waals surface area (Å²) >= 11 is 0. The van der Waals surface area contributed by atoms with Crippen LogP contribution in [0, 0.1) is 11.7 Å². The molecule has 1 fully saturated rings. The van der Waals surface area contributed by atoms with Crippen molar-refractivity contribution < 1.29 is 13.9 Å². The molecule has 86 valence electrons. The molecule has 1 unspecified atom stereocenters. The lowest BCUT2D eigenvalue weighted by molar-refractivity contribution is -0.144. The third-order valence-corrected chi connectivity index (χ3v) is 2.66. The molecule has 4 nitrogen and oxygen atoms in total. The highest BCUT2D eigenvalue weighted by Gasteiger charge is 2.46. The van der Waals surface area contributed by atoms with Crippen molar-refractivity contribution in [1.29, 1.82) is 0 Å². The lowest BCUT2D eigenvalue weighted by atomic mass is 10.2. The molecule has 1 saturated carbocycles. The van der Waals surface area contributed by atoms with Crippen LogP contribution in [0.15, 0.2) is 12.3 Å². The highest BCUT2D eigenvalue weighted by Crippen LogP contribution is 2.47. The number of anilines is 1. The van der Waals surface area contributed by atoms with E-state index in [2.05, 4.69) is 4.98 Å². The van der Waals surface area contributed by atoms with Crippen molar-refractivity contribution in [2.75, 3.05) is 12.3 Å². The molecule has 1 aromatic rings. The lowest BCUT2D eigenvalue weighted by Crippen LogP contribution is -2.07. The van der Waals surface area contributed by atoms with Crippen molar-refractivity contribution in [1.82, 2.24) is 4.98 Å². The van der Waals surface area contributed by atoms with Crippen LogP contribution in [0.4, 0.5) is 10.1 Å². The Morgan fingerprint density at radius 1 is 1.75 bits per heavy atom. The molecule has 0 radical (unpaired) electrons. The minimum Gasteiger partial charge on any atom is -0.466 e. The number of halogens is 1. The summed E-state index contributed by atoms with van der Waals surface area (Å²) < 4.78 is 18.0. The second-order valence-corrected chi connectivity index (χ2v) is 3.83. The number of rotatable bonds is 3. The standard InChI is InChI=1S/C11H13FN2O2/c1-2-16-11(15)7-3-6(7)10-4-8(12)9(13)5-14-10/h4-7H,2-3,13H2,1H3/t6?,7-/m1/s1. The molecule has 0 amide bonds. The van der Waals surface area contributed by atoms with Gasteiger partial charge in [0.25, 0.3) is 0 Å². The number of hydrogen-bond donors (Lipinski definition) is 1. The maximum Gasteiger partial charge on any atom is 0.309 e. The van der Waals surface area contributed by atoms with Gasteiger partial charge in [-0.1, -0.05) is 0 Å². The molecule has 0 spiro atoms. The zero-order valence-corrected chi connectivity index (χ0v) is 8.94. The largest absolute Gasteiger partial charge is 0.466 e. The van der Waals surface area contributed by atoms with E-state index in [-0.39, 0.29) is 23.5 Å². The van der Waals surface area contributed by atoms with Gasteiger partial charge in [0.15, 0.2) is 0 Å². The topological polar surface area (TPSA) is 65.2 Å². The fraction of sp³-hybridized carbons (Fsp3) is 0.455. The van der Waals surface area contributed by atoms with E-state index in [9.17, 15) is 9.18 Å². The summed E-state index contributed by atoms with van der Waals surface area (Å²) in [6.45, 7) is 2.13. The van der Waals surface area contributed by atoms with Crippen molar-refractivity contribution >= 4 is 11.7 Å². The predicted molar refractivity (Wildman–Crippen MR) is 56.1 cm³/mol. The Morgan fingerprint density at radius 2 is 2.50 bits per heavy atom. The molecule has 1 aliphatic carbocycles. The van der Waals surface area contributed by atoms with Crippen LogP contribution in [-0.2, 0) is 9.53 Å². The summed E-state index contributed by atoms with van der Waals surface area (Å²) in [5, 5.41) is 0. The van der Waals surface area contributed by atoms with Gasteiger partial charge in [0.05, 0.1) is 24.4 Å². The maximum atomic E-state index is 13.2. The molecule has 0 aromatic carbocycles. The number of nitrogen functional groups attached to an aromatic ring is 1. The molecular formula is C11H13FN2O2. The minimum atomic E-state index is -0.487. The van der Waals surface area contributed by atoms with E-state index in [4.69, 9.17) is 10.5 Å². The van der Waals surface area contributed by atoms with E-state index in [1.54, 1.807) is 6.92 Å². The second kappa shape index (κ2) is 4.08. The maximum absolute atomic E-state index is 13.2. The Kier molecular flexibility index (Phi) is 2.77. The Labute approximate surface area is 92.6 Å². The molecule has 0 bridgehead atoms. The van der Waals surface area contributed by atoms with Crippen LogP contribution >= 0.6 is 0 Å². The normalized spacial score (nSPS) is 22.9. The third kappa shape index (κ3) is 1.98. The van der Waals surface area contributed by atoms with Gasteiger partial charge in [-0.25, -0.2) is 4.39 Å². The van der Waals surface area contributed by atoms with E-state index in [0.29, 0.717) is 18.7 Å². The van der Waals surface area contributed by atoms with E-state index < -0.39 is 5.82 Å². The van der Waals surface area contributed by atoms with E-state index in [0.717, 1.165) is 0 Å². The number of carbonyl (C=O) groups is 1. The average Bonchev–Trinajstić information content (AvgIpc) is 3.02. The molecular weight excluding hydrogens is 211 g/mol. The van der Waals surface area contributed by atoms with Gasteiger partial charge in [-0.3, -0.25) is 9.78 Å². The number of nitrogens with zero attached hydrogens (tertiary/aromatic N) is 1. The summed E-state index contributed by atoms with van der Waals surface area (Å²) in [5.74, 6) is -0.907. The number of carbonyl (C=O) groups excluding carboxylic acids is 1. The molecule has 16 heavy (non-hydrogen) atoms. The van der Waals surface area contributed by atoms with Crippen LogP contribution in [0.5, 0.6) is 0 Å². The SMILES string of the molecule is CCOC(=O)[C@@H]1CC1c1cc(F)c(N)cn1. The van der Waals surface area contributed by atoms with Crippen molar-refractivity contribution in [3.63, 3.8) is 0 Å². The number of ether oxygens (including phenoxy) is 1. The molecule has 2 N–H and O–H groups in total. The summed E-state index contributed by atoms with van der Waals surface area (Å²) in [4.78, 5) is 15.4. The van der Waals surface area contributed by atoms with E-state index in [1.165, 1.54) is 12.3 Å². The van der Waals surface area contributed by atoms with Gasteiger partial charge in [-0.2, -0.15) is 0 Å². The zero-order valence-electron chi connectivity index (χ0n) is 8.94. The second-order valence-electron chi connectivity index (χ2n) is 3.83. The first kappa shape index (κ1) is 10.9. The molecule has 2 rings (SSSR count). The van der Waals surface area contributed by atoms with Gasteiger partial charge in [0.2, 0.25) is 0 Å². The molecule has 1 aliphatic rings. The monoisotopic (exact) mass is 224 g/mol. The third-order valence-electron chi connectivity index (χ3n) is 2.66. The van der Waals surface area contributed by atoms with Crippen molar-refractivity contribution in [2.45, 2.75) is 19.3 Å². The average molecular weight is 224 g/mol. The van der Waals surface area contributed by atoms with Crippen LogP contribution in [0.25, 0.3) is 0 Å². The molecule has 5 heteroatoms. The molecule has 0 saturated heterocycles. The first-order valence-corrected chi connectivity index (χ1v) is 5.21. The van der Waals surface area contributed by atoms with E-state index in [1.807, 2.05) is 0 Å². The van der Waals surface area contributed by atoms with Gasteiger partial charge in [0, 0.05) is 11.6 Å². The first-order valence-electron chi connectivity index (χ1n) is 5.21. The number of esters is 1. The Balaban J connectivity index is 2.06. The van der Waals surface area contributed by atoms with Gasteiger partial charge < -0.3 is 10.5 Å². The molecule has 0 aliphatic heterocycles. The quantitative estimate of drug-likeness (QED) is 0.789. The molecule has 1 aromatic heterocycles. The summed E-state index contributed by atoms with van der Waals surface area (Å²) in [6.07, 6.45) is 1.96. The van der Waals surface area contributed by atoms with Crippen LogP contribution < -0.4 is 5.73 Å². The highest BCUT2D eigenvalue weighted by molar-refractivity contribution is 5.77. The zero-order chi connectivity index (χ0) is 11.7. The number of hydrogen-bond acceptors (Lipinski definition) is 4. The summed E-state index contributed by atoms with van der Waals surface area (Å²) in [6, 6.07) is 1.29. The van der Waals surface area contributed by atoms with Crippen molar-refractivity contribution in [3.8, 4) is 0 Å². The fourth-order valence-electron chi connectivity index (χ4n) is 1.69. The molecule has 1 heterocycles. The number of pyridine rings is 1. The van der Waals surface area contributed by atoms with Crippen LogP contribution in [0.2, 0.25) is 0 Å². The fourth-order valence-corrected chi connectivity index (χ4v) is 1.69. The van der Waals surface area contributed by atoms with E-state index >= 15 is 0 Å². The Hall–Kier alpha value is -1.65. The summed E-state index contributed by atoms with van der Waals surface area (Å²) in [7, 11) is 0. The Morgan fingerprint density at radius 3 is 3.12 bits per heavy atom. The van der Waals surface area contributed by atoms with Gasteiger partial charge in [-0.15, -0.1) is 0 Å². The van der Waals surface area contributed by atoms with Gasteiger partial charge in [-0.05, 0) is 19.4 Å². The van der Waals surface area contributed by atoms with Gasteiger partial charge in [0.1, 0.15) is 5.82 Å². The Bertz CT molecular complexity index is 422. The first-order chi connectivity index (χ1) is 7.63. The smallest absolute Gasteiger partial charge is 0.309 e. The summed E-state index contributed by atoms with van der Waals surface area (Å²) in [5.41, 5.74) is 5.92. The minimum absolute atomic E-state index is 0.0193. The number of aromatic nitrogens is 1. The van der Waals surface area contributed by atoms with Crippen molar-refractivity contribution in [3.05, 3.63) is 23.8 Å².